The number of halogens is 2. The normalized spacial score (nSPS) is 8.97. The van der Waals surface area contributed by atoms with Crippen LogP contribution in [0, 0.1) is 18.6 Å². The summed E-state index contributed by atoms with van der Waals surface area (Å²) in [5.41, 5.74) is 2.54. The van der Waals surface area contributed by atoms with Crippen LogP contribution in [0.1, 0.15) is 42.3 Å². The predicted octanol–water partition coefficient (Wildman–Crippen LogP) is 8.14. The van der Waals surface area contributed by atoms with Crippen LogP contribution >= 0.6 is 12.6 Å². The summed E-state index contributed by atoms with van der Waals surface area (Å²) in [6, 6.07) is 17.9. The first-order valence-electron chi connectivity index (χ1n) is 10.5. The standard InChI is InChI=1S/C14H10F2O.C10H12O2.C2H6.CH4S/c1-2-10-5-3-4-6-14(10)17-11-7-8-12(15)13(16)9-11;1-3-12-10(11)9-6-4-8(2)5-7-9;2*1-2/h2-9H,1H2;4-7H,3H2,1-2H3;1-2H3;2H,1H3. The fourth-order valence-corrected chi connectivity index (χ4v) is 2.31. The average Bonchev–Trinajstić information content (AvgIpc) is 2.85. The number of hydrogen-bond acceptors (Lipinski definition) is 4. The zero-order chi connectivity index (χ0) is 25.2. The molecule has 0 aromatic heterocycles. The Hall–Kier alpha value is -3.12. The van der Waals surface area contributed by atoms with Crippen molar-refractivity contribution in [3.8, 4) is 11.5 Å². The molecule has 0 radical (unpaired) electrons. The van der Waals surface area contributed by atoms with Crippen LogP contribution in [-0.2, 0) is 4.74 Å². The summed E-state index contributed by atoms with van der Waals surface area (Å²) in [6.07, 6.45) is 3.33. The molecule has 3 rings (SSSR count). The van der Waals surface area contributed by atoms with E-state index in [1.807, 2.05) is 45.0 Å². The molecule has 3 nitrogen and oxygen atoms in total. The molecule has 0 fully saturated rings. The van der Waals surface area contributed by atoms with Gasteiger partial charge in [0.1, 0.15) is 11.5 Å². The summed E-state index contributed by atoms with van der Waals surface area (Å²) in [4.78, 5) is 11.1. The summed E-state index contributed by atoms with van der Waals surface area (Å²) in [5.74, 6) is -1.28. The van der Waals surface area contributed by atoms with Gasteiger partial charge in [-0.05, 0) is 50.4 Å². The summed E-state index contributed by atoms with van der Waals surface area (Å²) < 4.78 is 36.0. The van der Waals surface area contributed by atoms with Crippen LogP contribution < -0.4 is 4.74 Å². The maximum Gasteiger partial charge on any atom is 0.338 e. The van der Waals surface area contributed by atoms with E-state index >= 15 is 0 Å². The Morgan fingerprint density at radius 1 is 0.970 bits per heavy atom. The number of rotatable bonds is 5. The second kappa shape index (κ2) is 17.4. The molecule has 0 unspecified atom stereocenters. The van der Waals surface area contributed by atoms with Crippen molar-refractivity contribution in [2.24, 2.45) is 0 Å². The third kappa shape index (κ3) is 10.8. The molecule has 178 valence electrons. The fraction of sp³-hybridized carbons (Fsp3) is 0.222. The molecule has 0 bridgehead atoms. The minimum absolute atomic E-state index is 0.248. The lowest BCUT2D eigenvalue weighted by atomic mass is 10.1. The molecule has 0 saturated carbocycles. The first-order valence-corrected chi connectivity index (χ1v) is 11.4. The molecular formula is C27H32F2O3S. The first-order chi connectivity index (χ1) is 15.9. The van der Waals surface area contributed by atoms with Gasteiger partial charge >= 0.3 is 5.97 Å². The van der Waals surface area contributed by atoms with Gasteiger partial charge in [-0.25, -0.2) is 13.6 Å². The molecule has 3 aromatic carbocycles. The highest BCUT2D eigenvalue weighted by molar-refractivity contribution is 7.79. The Kier molecular flexibility index (Phi) is 15.8. The van der Waals surface area contributed by atoms with Gasteiger partial charge in [-0.2, -0.15) is 12.6 Å². The van der Waals surface area contributed by atoms with Crippen molar-refractivity contribution in [1.82, 2.24) is 0 Å². The van der Waals surface area contributed by atoms with Crippen molar-refractivity contribution >= 4 is 24.7 Å². The maximum absolute atomic E-state index is 13.0. The van der Waals surface area contributed by atoms with Gasteiger partial charge < -0.3 is 9.47 Å². The van der Waals surface area contributed by atoms with Crippen molar-refractivity contribution < 1.29 is 23.0 Å². The molecule has 0 aliphatic rings. The SMILES string of the molecule is C=Cc1ccccc1Oc1ccc(F)c(F)c1.CC.CCOC(=O)c1ccc(C)cc1.CS. The van der Waals surface area contributed by atoms with E-state index in [2.05, 4.69) is 19.2 Å². The predicted molar refractivity (Wildman–Crippen MR) is 136 cm³/mol. The quantitative estimate of drug-likeness (QED) is 0.299. The average molecular weight is 475 g/mol. The third-order valence-corrected chi connectivity index (χ3v) is 3.82. The van der Waals surface area contributed by atoms with Crippen LogP contribution in [0.2, 0.25) is 0 Å². The van der Waals surface area contributed by atoms with Gasteiger partial charge in [-0.1, -0.05) is 62.4 Å². The van der Waals surface area contributed by atoms with Gasteiger partial charge in [-0.3, -0.25) is 0 Å². The number of ether oxygens (including phenoxy) is 2. The lowest BCUT2D eigenvalue weighted by molar-refractivity contribution is 0.0526. The molecule has 0 amide bonds. The molecule has 0 heterocycles. The van der Waals surface area contributed by atoms with E-state index in [1.165, 1.54) is 6.07 Å². The second-order valence-corrected chi connectivity index (χ2v) is 6.01. The third-order valence-electron chi connectivity index (χ3n) is 3.82. The van der Waals surface area contributed by atoms with Gasteiger partial charge in [0.05, 0.1) is 12.2 Å². The number of thiol groups is 1. The van der Waals surface area contributed by atoms with Crippen molar-refractivity contribution in [2.75, 3.05) is 12.9 Å². The molecule has 0 atom stereocenters. The van der Waals surface area contributed by atoms with Crippen LogP contribution in [0.3, 0.4) is 0 Å². The fourth-order valence-electron chi connectivity index (χ4n) is 2.31. The van der Waals surface area contributed by atoms with Crippen molar-refractivity contribution in [2.45, 2.75) is 27.7 Å². The largest absolute Gasteiger partial charge is 0.462 e. The van der Waals surface area contributed by atoms with Gasteiger partial charge in [-0.15, -0.1) is 0 Å². The number of benzene rings is 3. The first kappa shape index (κ1) is 29.9. The van der Waals surface area contributed by atoms with Gasteiger partial charge in [0.2, 0.25) is 0 Å². The van der Waals surface area contributed by atoms with E-state index < -0.39 is 11.6 Å². The minimum atomic E-state index is -0.932. The highest BCUT2D eigenvalue weighted by Crippen LogP contribution is 2.26. The van der Waals surface area contributed by atoms with E-state index in [1.54, 1.807) is 43.5 Å². The summed E-state index contributed by atoms with van der Waals surface area (Å²) in [7, 11) is 0. The number of hydrogen-bond donors (Lipinski definition) is 1. The van der Waals surface area contributed by atoms with Crippen molar-refractivity contribution in [3.63, 3.8) is 0 Å². The molecular weight excluding hydrogens is 442 g/mol. The molecule has 0 aliphatic heterocycles. The highest BCUT2D eigenvalue weighted by atomic mass is 32.1. The summed E-state index contributed by atoms with van der Waals surface area (Å²) >= 11 is 3.53. The van der Waals surface area contributed by atoms with Crippen LogP contribution in [0.4, 0.5) is 8.78 Å². The van der Waals surface area contributed by atoms with Crippen LogP contribution in [0.25, 0.3) is 6.08 Å². The number of esters is 1. The molecule has 0 saturated heterocycles. The Labute approximate surface area is 201 Å². The Morgan fingerprint density at radius 2 is 1.58 bits per heavy atom. The monoisotopic (exact) mass is 474 g/mol. The molecule has 0 N–H and O–H groups in total. The van der Waals surface area contributed by atoms with Gasteiger partial charge in [0, 0.05) is 11.6 Å². The molecule has 33 heavy (non-hydrogen) atoms. The number of carbonyl (C=O) groups excluding carboxylic acids is 1. The van der Waals surface area contributed by atoms with Gasteiger partial charge in [0.25, 0.3) is 0 Å². The number of carbonyl (C=O) groups is 1. The topological polar surface area (TPSA) is 35.5 Å². The maximum atomic E-state index is 13.0. The van der Waals surface area contributed by atoms with Gasteiger partial charge in [0.15, 0.2) is 11.6 Å². The van der Waals surface area contributed by atoms with E-state index in [9.17, 15) is 13.6 Å². The van der Waals surface area contributed by atoms with Crippen LogP contribution in [-0.4, -0.2) is 18.8 Å². The lowest BCUT2D eigenvalue weighted by Crippen LogP contribution is -2.03. The van der Waals surface area contributed by atoms with E-state index in [-0.39, 0.29) is 11.7 Å². The molecule has 0 spiro atoms. The molecule has 6 heteroatoms. The number of aryl methyl sites for hydroxylation is 1. The van der Waals surface area contributed by atoms with Crippen LogP contribution in [0.5, 0.6) is 11.5 Å². The zero-order valence-electron chi connectivity index (χ0n) is 19.8. The lowest BCUT2D eigenvalue weighted by Gasteiger charge is -2.08. The highest BCUT2D eigenvalue weighted by Gasteiger charge is 2.06. The Balaban J connectivity index is 0.000000564. The molecule has 3 aromatic rings. The van der Waals surface area contributed by atoms with E-state index in [0.717, 1.165) is 23.3 Å². The minimum Gasteiger partial charge on any atom is -0.462 e. The van der Waals surface area contributed by atoms with Crippen molar-refractivity contribution in [3.05, 3.63) is 102 Å². The van der Waals surface area contributed by atoms with Crippen LogP contribution in [0.15, 0.2) is 73.3 Å². The second-order valence-electron chi connectivity index (χ2n) is 6.01. The Bertz CT molecular complexity index is 973. The Morgan fingerprint density at radius 3 is 2.12 bits per heavy atom. The van der Waals surface area contributed by atoms with E-state index in [0.29, 0.717) is 17.9 Å². The van der Waals surface area contributed by atoms with E-state index in [4.69, 9.17) is 9.47 Å². The zero-order valence-corrected chi connectivity index (χ0v) is 20.7. The number of para-hydroxylation sites is 1. The smallest absolute Gasteiger partial charge is 0.338 e. The summed E-state index contributed by atoms with van der Waals surface area (Å²) in [6.45, 7) is 11.9. The summed E-state index contributed by atoms with van der Waals surface area (Å²) in [5, 5.41) is 0. The molecule has 0 aliphatic carbocycles. The van der Waals surface area contributed by atoms with Crippen molar-refractivity contribution in [1.29, 1.82) is 0 Å².